The average Bonchev–Trinajstić information content (AvgIpc) is 1.88. The van der Waals surface area contributed by atoms with Crippen LogP contribution in [0, 0.1) is 3.57 Å². The fraction of sp³-hybridized carbons (Fsp3) is 0. The van der Waals surface area contributed by atoms with Crippen LogP contribution in [0.1, 0.15) is 10.4 Å². The molecule has 0 aromatic heterocycles. The molecule has 0 aliphatic heterocycles. The molecule has 0 atom stereocenters. The first-order valence-corrected chi connectivity index (χ1v) is 3.79. The molecule has 0 aliphatic rings. The molecular weight excluding hydrogens is 243 g/mol. The molecule has 0 saturated heterocycles. The molecule has 0 amide bonds. The second kappa shape index (κ2) is 3.01. The largest absolute Gasteiger partial charge is 0.561 e. The van der Waals surface area contributed by atoms with Crippen LogP contribution >= 0.6 is 22.6 Å². The van der Waals surface area contributed by atoms with Gasteiger partial charge >= 0.3 is 5.97 Å². The Morgan fingerprint density at radius 2 is 2.20 bits per heavy atom. The summed E-state index contributed by atoms with van der Waals surface area (Å²) in [4.78, 5) is 10.5. The number of carbonyl (C=O) groups excluding carboxylic acids is 1. The smallest absolute Gasteiger partial charge is 0.549 e. The lowest BCUT2D eigenvalue weighted by Gasteiger charge is -1.88. The Morgan fingerprint density at radius 1 is 1.50 bits per heavy atom. The standard InChI is InChI=1S/C7H5IO2/c8-6-3-1-2-5(4-6)7(9)10/h1-4H,(H,9,10)/p+1. The predicted octanol–water partition coefficient (Wildman–Crippen LogP) is 1.16. The van der Waals surface area contributed by atoms with Crippen LogP contribution in [0.5, 0.6) is 0 Å². The van der Waals surface area contributed by atoms with E-state index >= 15 is 0 Å². The molecule has 0 radical (unpaired) electrons. The minimum Gasteiger partial charge on any atom is -0.561 e. The highest BCUT2D eigenvalue weighted by Crippen LogP contribution is 2.06. The van der Waals surface area contributed by atoms with Gasteiger partial charge in [-0.15, -0.1) is 0 Å². The van der Waals surface area contributed by atoms with E-state index in [1.165, 1.54) is 0 Å². The molecule has 2 N–H and O–H groups in total. The Hall–Kier alpha value is -0.580. The van der Waals surface area contributed by atoms with Gasteiger partial charge in [0.15, 0.2) is 0 Å². The second-order valence-electron chi connectivity index (χ2n) is 1.84. The molecule has 0 saturated carbocycles. The van der Waals surface area contributed by atoms with Gasteiger partial charge < -0.3 is 5.11 Å². The second-order valence-corrected chi connectivity index (χ2v) is 3.09. The predicted molar refractivity (Wildman–Crippen MR) is 47.1 cm³/mol. The zero-order valence-corrected chi connectivity index (χ0v) is 7.25. The Bertz CT molecular complexity index is 258. The fourth-order valence-electron chi connectivity index (χ4n) is 0.630. The minimum absolute atomic E-state index is 0.451. The third-order valence-corrected chi connectivity index (χ3v) is 1.76. The van der Waals surface area contributed by atoms with Gasteiger partial charge in [-0.25, -0.2) is 0 Å². The lowest BCUT2D eigenvalue weighted by Crippen LogP contribution is -1.95. The summed E-state index contributed by atoms with van der Waals surface area (Å²) < 4.78 is 0.982. The molecule has 0 aliphatic carbocycles. The number of benzene rings is 1. The van der Waals surface area contributed by atoms with E-state index in [0.29, 0.717) is 5.56 Å². The number of carbonyl (C=O) groups is 1. The summed E-state index contributed by atoms with van der Waals surface area (Å²) in [7, 11) is 0. The summed E-state index contributed by atoms with van der Waals surface area (Å²) >= 11 is 2.10. The Labute approximate surface area is 72.0 Å². The lowest BCUT2D eigenvalue weighted by atomic mass is 10.2. The molecular formula is C7H6IO2+. The van der Waals surface area contributed by atoms with Gasteiger partial charge in [-0.2, -0.15) is 0 Å². The Morgan fingerprint density at radius 3 is 2.60 bits per heavy atom. The van der Waals surface area contributed by atoms with Crippen LogP contribution in [0.15, 0.2) is 24.3 Å². The van der Waals surface area contributed by atoms with Crippen molar-refractivity contribution >= 4 is 28.6 Å². The average molecular weight is 249 g/mol. The molecule has 3 heteroatoms. The number of hydrogen-bond acceptors (Lipinski definition) is 1. The number of hydrogen-bond donors (Lipinski definition) is 0. The lowest BCUT2D eigenvalue weighted by molar-refractivity contribution is 0.0697. The van der Waals surface area contributed by atoms with Gasteiger partial charge in [0.2, 0.25) is 0 Å². The highest BCUT2D eigenvalue weighted by Gasteiger charge is 2.09. The molecule has 10 heavy (non-hydrogen) atoms. The van der Waals surface area contributed by atoms with E-state index in [9.17, 15) is 4.79 Å². The molecule has 2 nitrogen and oxygen atoms in total. The van der Waals surface area contributed by atoms with Gasteiger partial charge in [0.25, 0.3) is 0 Å². The quantitative estimate of drug-likeness (QED) is 0.543. The van der Waals surface area contributed by atoms with Crippen molar-refractivity contribution in [3.8, 4) is 0 Å². The van der Waals surface area contributed by atoms with E-state index in [-0.39, 0.29) is 0 Å². The first-order valence-electron chi connectivity index (χ1n) is 2.71. The molecule has 1 aromatic rings. The third-order valence-electron chi connectivity index (χ3n) is 1.09. The maximum atomic E-state index is 10.5. The summed E-state index contributed by atoms with van der Waals surface area (Å²) in [6.07, 6.45) is 0. The SMILES string of the molecule is O=C([OH2+])c1cccc(I)c1. The van der Waals surface area contributed by atoms with E-state index < -0.39 is 5.97 Å². The summed E-state index contributed by atoms with van der Waals surface area (Å²) in [5.74, 6) is -0.626. The van der Waals surface area contributed by atoms with Gasteiger partial charge in [0.1, 0.15) is 5.56 Å². The van der Waals surface area contributed by atoms with Crippen molar-refractivity contribution in [2.24, 2.45) is 0 Å². The van der Waals surface area contributed by atoms with Gasteiger partial charge in [-0.3, -0.25) is 0 Å². The molecule has 0 unspecified atom stereocenters. The van der Waals surface area contributed by atoms with Crippen molar-refractivity contribution in [2.45, 2.75) is 0 Å². The first kappa shape index (κ1) is 7.53. The maximum Gasteiger partial charge on any atom is 0.549 e. The van der Waals surface area contributed by atoms with Crippen LogP contribution in [0.3, 0.4) is 0 Å². The van der Waals surface area contributed by atoms with Gasteiger partial charge in [0.05, 0.1) is 0 Å². The first-order chi connectivity index (χ1) is 4.70. The van der Waals surface area contributed by atoms with Crippen molar-refractivity contribution in [1.82, 2.24) is 0 Å². The van der Waals surface area contributed by atoms with E-state index in [2.05, 4.69) is 22.6 Å². The van der Waals surface area contributed by atoms with E-state index in [4.69, 9.17) is 5.11 Å². The van der Waals surface area contributed by atoms with Crippen LogP contribution in [-0.4, -0.2) is 11.1 Å². The number of halogens is 1. The number of rotatable bonds is 1. The topological polar surface area (TPSA) is 40.0 Å². The zero-order valence-electron chi connectivity index (χ0n) is 5.10. The van der Waals surface area contributed by atoms with E-state index in [1.807, 2.05) is 6.07 Å². The van der Waals surface area contributed by atoms with Crippen LogP contribution in [0.2, 0.25) is 0 Å². The molecule has 0 bridgehead atoms. The normalized spacial score (nSPS) is 9.30. The molecule has 0 fully saturated rings. The van der Waals surface area contributed by atoms with E-state index in [1.54, 1.807) is 18.2 Å². The summed E-state index contributed by atoms with van der Waals surface area (Å²) in [6, 6.07) is 6.98. The van der Waals surface area contributed by atoms with Crippen molar-refractivity contribution in [1.29, 1.82) is 0 Å². The minimum atomic E-state index is -0.626. The van der Waals surface area contributed by atoms with Crippen LogP contribution < -0.4 is 0 Å². The van der Waals surface area contributed by atoms with Crippen molar-refractivity contribution in [3.63, 3.8) is 0 Å². The summed E-state index contributed by atoms with van der Waals surface area (Å²) in [6.45, 7) is 0. The van der Waals surface area contributed by atoms with Gasteiger partial charge in [-0.05, 0) is 40.8 Å². The summed E-state index contributed by atoms with van der Waals surface area (Å²) in [5.41, 5.74) is 0.451. The molecule has 0 spiro atoms. The Kier molecular flexibility index (Phi) is 2.26. The molecule has 1 aromatic carbocycles. The van der Waals surface area contributed by atoms with E-state index in [0.717, 1.165) is 3.57 Å². The van der Waals surface area contributed by atoms with Gasteiger partial charge in [0, 0.05) is 8.36 Å². The van der Waals surface area contributed by atoms with Crippen molar-refractivity contribution in [2.75, 3.05) is 0 Å². The fourth-order valence-corrected chi connectivity index (χ4v) is 1.17. The zero-order chi connectivity index (χ0) is 7.56. The third kappa shape index (κ3) is 1.70. The van der Waals surface area contributed by atoms with Crippen molar-refractivity contribution in [3.05, 3.63) is 33.4 Å². The molecule has 1 rings (SSSR count). The maximum absolute atomic E-state index is 10.5. The van der Waals surface area contributed by atoms with Crippen LogP contribution in [0.4, 0.5) is 0 Å². The highest BCUT2D eigenvalue weighted by atomic mass is 127. The van der Waals surface area contributed by atoms with Crippen molar-refractivity contribution < 1.29 is 9.90 Å². The monoisotopic (exact) mass is 249 g/mol. The molecule has 0 heterocycles. The molecule has 52 valence electrons. The van der Waals surface area contributed by atoms with Gasteiger partial charge in [-0.1, -0.05) is 6.07 Å². The Balaban J connectivity index is 3.07. The highest BCUT2D eigenvalue weighted by molar-refractivity contribution is 14.1. The van der Waals surface area contributed by atoms with Crippen LogP contribution in [-0.2, 0) is 0 Å². The summed E-state index contributed by atoms with van der Waals surface area (Å²) in [5, 5.41) is 6.77. The van der Waals surface area contributed by atoms with Crippen LogP contribution in [0.25, 0.3) is 0 Å².